The maximum absolute atomic E-state index is 11.9. The van der Waals surface area contributed by atoms with Gasteiger partial charge in [-0.3, -0.25) is 9.89 Å². The molecule has 15 heavy (non-hydrogen) atoms. The number of hydrogen-bond acceptors (Lipinski definition) is 3. The van der Waals surface area contributed by atoms with Crippen LogP contribution in [0.4, 0.5) is 5.82 Å². The molecule has 82 valence electrons. The summed E-state index contributed by atoms with van der Waals surface area (Å²) in [4.78, 5) is 11.9. The van der Waals surface area contributed by atoms with E-state index in [2.05, 4.69) is 15.5 Å². The fourth-order valence-corrected chi connectivity index (χ4v) is 1.61. The molecule has 1 aliphatic rings. The standard InChI is InChI=1S/C10H16N4O/c1-2-7-5-12-14-8(7)13-9(15)10(6-11)3-4-10/h5H,2-4,6,11H2,1H3,(H2,12,13,14,15). The van der Waals surface area contributed by atoms with Gasteiger partial charge in [0.05, 0.1) is 11.6 Å². The highest BCUT2D eigenvalue weighted by molar-refractivity contribution is 5.97. The molecule has 1 saturated carbocycles. The van der Waals surface area contributed by atoms with E-state index in [1.165, 1.54) is 0 Å². The second-order valence-electron chi connectivity index (χ2n) is 4.06. The third-order valence-corrected chi connectivity index (χ3v) is 3.06. The van der Waals surface area contributed by atoms with Gasteiger partial charge in [0.25, 0.3) is 0 Å². The van der Waals surface area contributed by atoms with Crippen LogP contribution < -0.4 is 11.1 Å². The highest BCUT2D eigenvalue weighted by Gasteiger charge is 2.48. The molecule has 5 nitrogen and oxygen atoms in total. The van der Waals surface area contributed by atoms with Crippen molar-refractivity contribution in [2.24, 2.45) is 11.1 Å². The van der Waals surface area contributed by atoms with E-state index in [4.69, 9.17) is 5.73 Å². The molecule has 1 heterocycles. The first kappa shape index (κ1) is 10.2. The first-order valence-electron chi connectivity index (χ1n) is 5.25. The zero-order valence-corrected chi connectivity index (χ0v) is 8.84. The lowest BCUT2D eigenvalue weighted by Crippen LogP contribution is -2.31. The number of aromatic amines is 1. The molecule has 1 aromatic heterocycles. The molecule has 1 aromatic rings. The van der Waals surface area contributed by atoms with Crippen molar-refractivity contribution in [2.45, 2.75) is 26.2 Å². The monoisotopic (exact) mass is 208 g/mol. The number of aromatic nitrogens is 2. The molecule has 0 aromatic carbocycles. The van der Waals surface area contributed by atoms with Crippen molar-refractivity contribution in [3.63, 3.8) is 0 Å². The van der Waals surface area contributed by atoms with Crippen molar-refractivity contribution in [1.29, 1.82) is 0 Å². The molecule has 0 atom stereocenters. The number of H-pyrrole nitrogens is 1. The average Bonchev–Trinajstić information content (AvgIpc) is 2.94. The smallest absolute Gasteiger partial charge is 0.233 e. The predicted octanol–water partition coefficient (Wildman–Crippen LogP) is 0.649. The zero-order chi connectivity index (χ0) is 10.9. The van der Waals surface area contributed by atoms with Gasteiger partial charge in [-0.25, -0.2) is 0 Å². The molecular weight excluding hydrogens is 192 g/mol. The summed E-state index contributed by atoms with van der Waals surface area (Å²) in [5, 5.41) is 9.55. The molecule has 2 rings (SSSR count). The molecular formula is C10H16N4O. The predicted molar refractivity (Wildman–Crippen MR) is 57.3 cm³/mol. The number of carbonyl (C=O) groups excluding carboxylic acids is 1. The largest absolute Gasteiger partial charge is 0.329 e. The van der Waals surface area contributed by atoms with Crippen LogP contribution in [0, 0.1) is 5.41 Å². The van der Waals surface area contributed by atoms with E-state index in [1.54, 1.807) is 6.20 Å². The van der Waals surface area contributed by atoms with Crippen molar-refractivity contribution < 1.29 is 4.79 Å². The van der Waals surface area contributed by atoms with Crippen molar-refractivity contribution in [3.8, 4) is 0 Å². The normalized spacial score (nSPS) is 17.5. The van der Waals surface area contributed by atoms with Gasteiger partial charge in [0, 0.05) is 12.1 Å². The van der Waals surface area contributed by atoms with Gasteiger partial charge in [-0.05, 0) is 19.3 Å². The van der Waals surface area contributed by atoms with Gasteiger partial charge in [0.15, 0.2) is 0 Å². The van der Waals surface area contributed by atoms with E-state index >= 15 is 0 Å². The Hall–Kier alpha value is -1.36. The number of nitrogens with zero attached hydrogens (tertiary/aromatic N) is 1. The summed E-state index contributed by atoms with van der Waals surface area (Å²) in [6, 6.07) is 0. The van der Waals surface area contributed by atoms with Gasteiger partial charge in [0.1, 0.15) is 5.82 Å². The topological polar surface area (TPSA) is 83.8 Å². The Labute approximate surface area is 88.4 Å². The number of anilines is 1. The Morgan fingerprint density at radius 3 is 3.00 bits per heavy atom. The maximum Gasteiger partial charge on any atom is 0.233 e. The lowest BCUT2D eigenvalue weighted by Gasteiger charge is -2.12. The molecule has 0 spiro atoms. The fourth-order valence-electron chi connectivity index (χ4n) is 1.61. The summed E-state index contributed by atoms with van der Waals surface area (Å²) < 4.78 is 0. The Kier molecular flexibility index (Phi) is 2.48. The molecule has 0 aliphatic heterocycles. The Morgan fingerprint density at radius 2 is 2.47 bits per heavy atom. The van der Waals surface area contributed by atoms with Gasteiger partial charge in [-0.1, -0.05) is 6.92 Å². The van der Waals surface area contributed by atoms with Gasteiger partial charge in [-0.15, -0.1) is 0 Å². The van der Waals surface area contributed by atoms with E-state index in [-0.39, 0.29) is 11.3 Å². The van der Waals surface area contributed by atoms with E-state index in [0.29, 0.717) is 12.4 Å². The van der Waals surface area contributed by atoms with E-state index in [9.17, 15) is 4.79 Å². The summed E-state index contributed by atoms with van der Waals surface area (Å²) in [7, 11) is 0. The van der Waals surface area contributed by atoms with E-state index in [1.807, 2.05) is 6.92 Å². The molecule has 0 bridgehead atoms. The summed E-state index contributed by atoms with van der Waals surface area (Å²) in [6.45, 7) is 2.45. The summed E-state index contributed by atoms with van der Waals surface area (Å²) in [5.74, 6) is 0.728. The zero-order valence-electron chi connectivity index (χ0n) is 8.84. The summed E-state index contributed by atoms with van der Waals surface area (Å²) in [6.07, 6.45) is 4.37. The highest BCUT2D eigenvalue weighted by atomic mass is 16.2. The lowest BCUT2D eigenvalue weighted by atomic mass is 10.1. The first-order valence-corrected chi connectivity index (χ1v) is 5.25. The van der Waals surface area contributed by atoms with Crippen molar-refractivity contribution in [2.75, 3.05) is 11.9 Å². The third kappa shape index (κ3) is 1.74. The van der Waals surface area contributed by atoms with Crippen LogP contribution in [0.1, 0.15) is 25.3 Å². The first-order chi connectivity index (χ1) is 7.22. The summed E-state index contributed by atoms with van der Waals surface area (Å²) >= 11 is 0. The number of nitrogens with two attached hydrogens (primary N) is 1. The number of hydrogen-bond donors (Lipinski definition) is 3. The number of carbonyl (C=O) groups is 1. The van der Waals surface area contributed by atoms with Crippen molar-refractivity contribution >= 4 is 11.7 Å². The molecule has 1 fully saturated rings. The molecule has 0 radical (unpaired) electrons. The fraction of sp³-hybridized carbons (Fsp3) is 0.600. The maximum atomic E-state index is 11.9. The molecule has 5 heteroatoms. The van der Waals surface area contributed by atoms with Crippen molar-refractivity contribution in [1.82, 2.24) is 10.2 Å². The third-order valence-electron chi connectivity index (χ3n) is 3.06. The Morgan fingerprint density at radius 1 is 1.73 bits per heavy atom. The van der Waals surface area contributed by atoms with Crippen LogP contribution in [0.3, 0.4) is 0 Å². The lowest BCUT2D eigenvalue weighted by molar-refractivity contribution is -0.120. The summed E-state index contributed by atoms with van der Waals surface area (Å²) in [5.41, 5.74) is 6.30. The second-order valence-corrected chi connectivity index (χ2v) is 4.06. The van der Waals surface area contributed by atoms with Gasteiger partial charge in [0.2, 0.25) is 5.91 Å². The minimum atomic E-state index is -0.309. The molecule has 0 saturated heterocycles. The molecule has 1 aliphatic carbocycles. The van der Waals surface area contributed by atoms with Crippen LogP contribution >= 0.6 is 0 Å². The number of aryl methyl sites for hydroxylation is 1. The van der Waals surface area contributed by atoms with Gasteiger partial charge in [-0.2, -0.15) is 5.10 Å². The minimum absolute atomic E-state index is 0.0175. The quantitative estimate of drug-likeness (QED) is 0.679. The van der Waals surface area contributed by atoms with Crippen LogP contribution in [0.25, 0.3) is 0 Å². The van der Waals surface area contributed by atoms with Crippen LogP contribution in [0.2, 0.25) is 0 Å². The van der Waals surface area contributed by atoms with Crippen LogP contribution in [-0.2, 0) is 11.2 Å². The van der Waals surface area contributed by atoms with E-state index < -0.39 is 0 Å². The van der Waals surface area contributed by atoms with Crippen molar-refractivity contribution in [3.05, 3.63) is 11.8 Å². The van der Waals surface area contributed by atoms with E-state index in [0.717, 1.165) is 24.8 Å². The van der Waals surface area contributed by atoms with Crippen LogP contribution in [0.15, 0.2) is 6.20 Å². The number of rotatable bonds is 4. The van der Waals surface area contributed by atoms with Gasteiger partial charge >= 0.3 is 0 Å². The SMILES string of the molecule is CCc1cn[nH]c1NC(=O)C1(CN)CC1. The average molecular weight is 208 g/mol. The van der Waals surface area contributed by atoms with Crippen LogP contribution in [0.5, 0.6) is 0 Å². The minimum Gasteiger partial charge on any atom is -0.329 e. The van der Waals surface area contributed by atoms with Gasteiger partial charge < -0.3 is 11.1 Å². The number of nitrogens with one attached hydrogen (secondary N) is 2. The Balaban J connectivity index is 2.06. The molecule has 0 unspecified atom stereocenters. The number of amides is 1. The molecule has 4 N–H and O–H groups in total. The highest BCUT2D eigenvalue weighted by Crippen LogP contribution is 2.45. The van der Waals surface area contributed by atoms with Crippen LogP contribution in [-0.4, -0.2) is 22.6 Å². The molecule has 1 amide bonds. The second kappa shape index (κ2) is 3.66. The Bertz CT molecular complexity index is 367.